The van der Waals surface area contributed by atoms with Gasteiger partial charge in [-0.1, -0.05) is 6.92 Å². The molecule has 0 aliphatic carbocycles. The summed E-state index contributed by atoms with van der Waals surface area (Å²) < 4.78 is 0. The largest absolute Gasteiger partial charge is 0.335 e. The van der Waals surface area contributed by atoms with Gasteiger partial charge in [0, 0.05) is 6.54 Å². The molecule has 4 nitrogen and oxygen atoms in total. The lowest BCUT2D eigenvalue weighted by Gasteiger charge is -2.34. The smallest absolute Gasteiger partial charge is 0.197 e. The van der Waals surface area contributed by atoms with Crippen molar-refractivity contribution in [3.05, 3.63) is 0 Å². The molecule has 0 radical (unpaired) electrons. The van der Waals surface area contributed by atoms with Crippen molar-refractivity contribution in [1.82, 2.24) is 15.3 Å². The Kier molecular flexibility index (Phi) is 3.04. The third kappa shape index (κ3) is 2.02. The van der Waals surface area contributed by atoms with Crippen LogP contribution in [-0.2, 0) is 0 Å². The minimum absolute atomic E-state index is 0.430. The van der Waals surface area contributed by atoms with Crippen molar-refractivity contribution in [2.75, 3.05) is 19.9 Å². The molecule has 5 heteroatoms. The zero-order chi connectivity index (χ0) is 8.27. The van der Waals surface area contributed by atoms with Crippen LogP contribution in [0.1, 0.15) is 13.3 Å². The first kappa shape index (κ1) is 8.70. The molecule has 0 atom stereocenters. The van der Waals surface area contributed by atoms with Gasteiger partial charge in [-0.25, -0.2) is 5.06 Å². The van der Waals surface area contributed by atoms with Crippen LogP contribution in [-0.4, -0.2) is 40.2 Å². The molecular weight excluding hydrogens is 162 g/mol. The average molecular weight is 175 g/mol. The molecule has 1 aliphatic rings. The van der Waals surface area contributed by atoms with Crippen molar-refractivity contribution in [3.63, 3.8) is 0 Å². The van der Waals surface area contributed by atoms with Gasteiger partial charge < -0.3 is 4.90 Å². The van der Waals surface area contributed by atoms with E-state index in [1.807, 2.05) is 4.90 Å². The predicted molar refractivity (Wildman–Crippen MR) is 46.1 cm³/mol. The van der Waals surface area contributed by atoms with Crippen molar-refractivity contribution < 1.29 is 5.21 Å². The monoisotopic (exact) mass is 175 g/mol. The van der Waals surface area contributed by atoms with E-state index in [9.17, 15) is 0 Å². The van der Waals surface area contributed by atoms with Crippen molar-refractivity contribution in [2.24, 2.45) is 0 Å². The number of thiocarbonyl (C=S) groups is 1. The highest BCUT2D eigenvalue weighted by Crippen LogP contribution is 2.00. The van der Waals surface area contributed by atoms with Gasteiger partial charge in [0.2, 0.25) is 0 Å². The highest BCUT2D eigenvalue weighted by atomic mass is 32.1. The van der Waals surface area contributed by atoms with Crippen LogP contribution in [0.5, 0.6) is 0 Å². The van der Waals surface area contributed by atoms with Crippen molar-refractivity contribution in [2.45, 2.75) is 13.3 Å². The van der Waals surface area contributed by atoms with Crippen LogP contribution in [0.25, 0.3) is 0 Å². The number of rotatable bonds is 2. The van der Waals surface area contributed by atoms with E-state index >= 15 is 0 Å². The first-order valence-electron chi connectivity index (χ1n) is 3.71. The Morgan fingerprint density at radius 3 is 3.00 bits per heavy atom. The van der Waals surface area contributed by atoms with Crippen molar-refractivity contribution in [3.8, 4) is 0 Å². The second kappa shape index (κ2) is 3.85. The molecule has 1 saturated heterocycles. The fraction of sp³-hybridized carbons (Fsp3) is 0.833. The Morgan fingerprint density at radius 2 is 2.36 bits per heavy atom. The third-order valence-electron chi connectivity index (χ3n) is 1.55. The van der Waals surface area contributed by atoms with Crippen molar-refractivity contribution >= 4 is 17.3 Å². The molecule has 1 aliphatic heterocycles. The van der Waals surface area contributed by atoms with Crippen molar-refractivity contribution in [1.29, 1.82) is 0 Å². The summed E-state index contributed by atoms with van der Waals surface area (Å²) in [6.07, 6.45) is 1.04. The van der Waals surface area contributed by atoms with E-state index in [4.69, 9.17) is 17.4 Å². The summed E-state index contributed by atoms with van der Waals surface area (Å²) in [6, 6.07) is 0. The Balaban J connectivity index is 2.44. The lowest BCUT2D eigenvalue weighted by Crippen LogP contribution is -2.55. The van der Waals surface area contributed by atoms with Crippen LogP contribution in [0.2, 0.25) is 0 Å². The molecule has 0 saturated carbocycles. The maximum absolute atomic E-state index is 9.16. The summed E-state index contributed by atoms with van der Waals surface area (Å²) in [4.78, 5) is 1.93. The molecule has 1 heterocycles. The zero-order valence-corrected chi connectivity index (χ0v) is 7.39. The van der Waals surface area contributed by atoms with Crippen LogP contribution in [0.15, 0.2) is 0 Å². The molecule has 0 spiro atoms. The number of hydrogen-bond donors (Lipinski definition) is 2. The topological polar surface area (TPSA) is 38.7 Å². The summed E-state index contributed by atoms with van der Waals surface area (Å²) in [5.74, 6) is 0. The molecule has 0 bridgehead atoms. The Hall–Kier alpha value is -0.390. The Morgan fingerprint density at radius 1 is 1.64 bits per heavy atom. The van der Waals surface area contributed by atoms with E-state index in [1.54, 1.807) is 0 Å². The molecule has 11 heavy (non-hydrogen) atoms. The molecule has 0 aromatic carbocycles. The molecule has 0 amide bonds. The fourth-order valence-corrected chi connectivity index (χ4v) is 1.25. The zero-order valence-electron chi connectivity index (χ0n) is 6.58. The molecule has 1 fully saturated rings. The van der Waals surface area contributed by atoms with E-state index in [0.29, 0.717) is 11.8 Å². The lowest BCUT2D eigenvalue weighted by molar-refractivity contribution is -0.0478. The van der Waals surface area contributed by atoms with E-state index in [0.717, 1.165) is 24.7 Å². The lowest BCUT2D eigenvalue weighted by atomic mass is 10.4. The van der Waals surface area contributed by atoms with Crippen LogP contribution in [0.4, 0.5) is 0 Å². The average Bonchev–Trinajstić information content (AvgIpc) is 1.99. The van der Waals surface area contributed by atoms with Gasteiger partial charge in [-0.05, 0) is 18.6 Å². The first-order chi connectivity index (χ1) is 5.25. The Labute approximate surface area is 71.7 Å². The number of hydrogen-bond acceptors (Lipinski definition) is 3. The SMILES string of the molecule is CCCN1CNCN(O)C1=S. The van der Waals surface area contributed by atoms with Gasteiger partial charge in [0.1, 0.15) is 0 Å². The molecule has 0 aromatic heterocycles. The number of nitrogens with zero attached hydrogens (tertiary/aromatic N) is 2. The second-order valence-electron chi connectivity index (χ2n) is 2.51. The van der Waals surface area contributed by atoms with Gasteiger partial charge in [-0.3, -0.25) is 10.5 Å². The third-order valence-corrected chi connectivity index (χ3v) is 2.02. The second-order valence-corrected chi connectivity index (χ2v) is 2.88. The normalized spacial score (nSPS) is 19.3. The first-order valence-corrected chi connectivity index (χ1v) is 4.12. The molecule has 64 valence electrons. The summed E-state index contributed by atoms with van der Waals surface area (Å²) in [5, 5.41) is 13.7. The fourth-order valence-electron chi connectivity index (χ4n) is 1.03. The van der Waals surface area contributed by atoms with E-state index in [-0.39, 0.29) is 0 Å². The summed E-state index contributed by atoms with van der Waals surface area (Å²) in [6.45, 7) is 4.14. The quantitative estimate of drug-likeness (QED) is 0.586. The molecule has 2 N–H and O–H groups in total. The minimum Gasteiger partial charge on any atom is -0.335 e. The molecule has 0 unspecified atom stereocenters. The van der Waals surface area contributed by atoms with Gasteiger partial charge in [-0.2, -0.15) is 0 Å². The molecule has 1 rings (SSSR count). The maximum Gasteiger partial charge on any atom is 0.197 e. The van der Waals surface area contributed by atoms with Crippen LogP contribution in [0.3, 0.4) is 0 Å². The van der Waals surface area contributed by atoms with Gasteiger partial charge in [0.15, 0.2) is 5.11 Å². The van der Waals surface area contributed by atoms with Gasteiger partial charge in [0.25, 0.3) is 0 Å². The van der Waals surface area contributed by atoms with E-state index in [1.165, 1.54) is 0 Å². The predicted octanol–water partition coefficient (Wildman–Crippen LogP) is 0.193. The van der Waals surface area contributed by atoms with Crippen LogP contribution < -0.4 is 5.32 Å². The highest BCUT2D eigenvalue weighted by molar-refractivity contribution is 7.80. The van der Waals surface area contributed by atoms with E-state index < -0.39 is 0 Å². The maximum atomic E-state index is 9.16. The minimum atomic E-state index is 0.430. The number of nitrogens with one attached hydrogen (secondary N) is 1. The van der Waals surface area contributed by atoms with Crippen LogP contribution in [0, 0.1) is 0 Å². The summed E-state index contributed by atoms with van der Waals surface area (Å²) in [5.41, 5.74) is 0. The van der Waals surface area contributed by atoms with Crippen LogP contribution >= 0.6 is 12.2 Å². The summed E-state index contributed by atoms with van der Waals surface area (Å²) in [7, 11) is 0. The molecule has 0 aromatic rings. The number of hydroxylamine groups is 2. The Bertz CT molecular complexity index is 151. The standard InChI is InChI=1S/C6H13N3OS/c1-2-3-8-4-7-5-9(10)6(8)11/h7,10H,2-5H2,1H3. The van der Waals surface area contributed by atoms with Gasteiger partial charge in [0.05, 0.1) is 13.3 Å². The van der Waals surface area contributed by atoms with Gasteiger partial charge >= 0.3 is 0 Å². The summed E-state index contributed by atoms with van der Waals surface area (Å²) >= 11 is 4.98. The van der Waals surface area contributed by atoms with E-state index in [2.05, 4.69) is 12.2 Å². The molecular formula is C6H13N3OS. The highest BCUT2D eigenvalue weighted by Gasteiger charge is 2.18. The van der Waals surface area contributed by atoms with Gasteiger partial charge in [-0.15, -0.1) is 0 Å².